The fourth-order valence-electron chi connectivity index (χ4n) is 2.87. The van der Waals surface area contributed by atoms with Crippen molar-refractivity contribution in [3.63, 3.8) is 0 Å². The summed E-state index contributed by atoms with van der Waals surface area (Å²) in [7, 11) is 0. The Hall–Kier alpha value is -2.40. The van der Waals surface area contributed by atoms with Crippen molar-refractivity contribution in [1.82, 2.24) is 0 Å². The van der Waals surface area contributed by atoms with Crippen LogP contribution in [-0.4, -0.2) is 77.0 Å². The molecular weight excluding hydrogens is 661 g/mol. The second kappa shape index (κ2) is 8.58. The minimum Gasteiger partial charge on any atom is -0.393 e. The summed E-state index contributed by atoms with van der Waals surface area (Å²) < 4.78 is 315. The average Bonchev–Trinajstić information content (AvgIpc) is 2.80. The normalized spacial score (nSPS) is 22.8. The lowest BCUT2D eigenvalue weighted by Gasteiger charge is -2.45. The van der Waals surface area contributed by atoms with Gasteiger partial charge in [0.1, 0.15) is 0 Å². The molecule has 0 amide bonds. The molecule has 1 fully saturated rings. The molecule has 1 rings (SSSR count). The fraction of sp³-hybridized carbons (Fsp3) is 0.812. The minimum atomic E-state index is -9.56. The fourth-order valence-corrected chi connectivity index (χ4v) is 2.87. The molecule has 0 radical (unpaired) electrons. The maximum absolute atomic E-state index is 14.2. The Morgan fingerprint density at radius 1 is 0.512 bits per heavy atom. The Labute approximate surface area is 208 Å². The number of rotatable bonds is 9. The summed E-state index contributed by atoms with van der Waals surface area (Å²) in [6.45, 7) is 2.61. The standard InChI is InChI=1S/C16H5F23O2/c1-3(2)4(40)41-16(38,39)15(36,37)14(34,35)13(32,33)12(30,31)11(28,29)8(22,23)5(17)6(18,19)9(24,25)10(26,27)7(5,20)21/h1H2,2H3. The zero-order valence-corrected chi connectivity index (χ0v) is 18.2. The smallest absolute Gasteiger partial charge is 0.393 e. The molecule has 0 aromatic carbocycles. The first kappa shape index (κ1) is 36.6. The molecule has 25 heteroatoms. The van der Waals surface area contributed by atoms with Crippen LogP contribution in [0, 0.1) is 0 Å². The predicted octanol–water partition coefficient (Wildman–Crippen LogP) is 7.77. The lowest BCUT2D eigenvalue weighted by atomic mass is 9.80. The lowest BCUT2D eigenvalue weighted by Crippen LogP contribution is -2.78. The maximum atomic E-state index is 14.2. The Morgan fingerprint density at radius 3 is 1.07 bits per heavy atom. The summed E-state index contributed by atoms with van der Waals surface area (Å²) >= 11 is 0. The molecule has 0 spiro atoms. The van der Waals surface area contributed by atoms with Crippen molar-refractivity contribution in [2.75, 3.05) is 0 Å². The number of hydrogen-bond acceptors (Lipinski definition) is 2. The highest BCUT2D eigenvalue weighted by Crippen LogP contribution is 2.75. The molecule has 0 aromatic heterocycles. The molecule has 41 heavy (non-hydrogen) atoms. The van der Waals surface area contributed by atoms with E-state index >= 15 is 0 Å². The van der Waals surface area contributed by atoms with Crippen molar-refractivity contribution in [2.45, 2.75) is 77.9 Å². The minimum absolute atomic E-state index is 0.245. The van der Waals surface area contributed by atoms with Crippen LogP contribution >= 0.6 is 0 Å². The first-order chi connectivity index (χ1) is 17.3. The second-order valence-corrected chi connectivity index (χ2v) is 8.09. The molecular formula is C16H5F23O2. The molecule has 0 unspecified atom stereocenters. The summed E-state index contributed by atoms with van der Waals surface area (Å²) in [5.41, 5.74) is -10.6. The Morgan fingerprint density at radius 2 is 0.780 bits per heavy atom. The van der Waals surface area contributed by atoms with Crippen molar-refractivity contribution < 1.29 is 111 Å². The maximum Gasteiger partial charge on any atom is 0.473 e. The van der Waals surface area contributed by atoms with Crippen molar-refractivity contribution >= 4 is 5.97 Å². The van der Waals surface area contributed by atoms with E-state index in [0.717, 1.165) is 0 Å². The van der Waals surface area contributed by atoms with Gasteiger partial charge in [-0.05, 0) is 6.92 Å². The van der Waals surface area contributed by atoms with Gasteiger partial charge in [0.05, 0.1) is 0 Å². The van der Waals surface area contributed by atoms with Crippen molar-refractivity contribution in [3.8, 4) is 0 Å². The van der Waals surface area contributed by atoms with Gasteiger partial charge >= 0.3 is 77.0 Å². The van der Waals surface area contributed by atoms with E-state index < -0.39 is 82.5 Å². The third-order valence-corrected chi connectivity index (χ3v) is 5.39. The van der Waals surface area contributed by atoms with E-state index in [1.165, 1.54) is 0 Å². The Kier molecular flexibility index (Phi) is 7.67. The van der Waals surface area contributed by atoms with E-state index in [1.807, 2.05) is 0 Å². The first-order valence-corrected chi connectivity index (χ1v) is 9.06. The van der Waals surface area contributed by atoms with Gasteiger partial charge in [0, 0.05) is 5.57 Å². The van der Waals surface area contributed by atoms with E-state index in [1.54, 1.807) is 0 Å². The number of carbonyl (C=O) groups excluding carboxylic acids is 1. The third kappa shape index (κ3) is 3.63. The number of ether oxygens (including phenoxy) is 1. The van der Waals surface area contributed by atoms with Gasteiger partial charge < -0.3 is 4.74 Å². The highest BCUT2D eigenvalue weighted by atomic mass is 19.4. The number of alkyl halides is 23. The number of halogens is 23. The lowest BCUT2D eigenvalue weighted by molar-refractivity contribution is -0.473. The van der Waals surface area contributed by atoms with E-state index in [2.05, 4.69) is 11.3 Å². The zero-order valence-electron chi connectivity index (χ0n) is 18.2. The molecule has 0 heterocycles. The van der Waals surface area contributed by atoms with Crippen LogP contribution in [0.4, 0.5) is 101 Å². The topological polar surface area (TPSA) is 26.3 Å². The summed E-state index contributed by atoms with van der Waals surface area (Å²) in [6.07, 6.45) is -7.54. The molecule has 0 bridgehead atoms. The van der Waals surface area contributed by atoms with Gasteiger partial charge in [0.2, 0.25) is 0 Å². The molecule has 0 N–H and O–H groups in total. The molecule has 0 aromatic rings. The van der Waals surface area contributed by atoms with Crippen molar-refractivity contribution in [1.29, 1.82) is 0 Å². The van der Waals surface area contributed by atoms with Crippen LogP contribution in [0.5, 0.6) is 0 Å². The number of carbonyl (C=O) groups is 1. The number of hydrogen-bond donors (Lipinski definition) is 0. The molecule has 1 aliphatic carbocycles. The quantitative estimate of drug-likeness (QED) is 0.143. The third-order valence-electron chi connectivity index (χ3n) is 5.39. The van der Waals surface area contributed by atoms with Crippen LogP contribution in [0.3, 0.4) is 0 Å². The van der Waals surface area contributed by atoms with Gasteiger partial charge in [0.15, 0.2) is 0 Å². The highest BCUT2D eigenvalue weighted by Gasteiger charge is 3.09. The summed E-state index contributed by atoms with van der Waals surface area (Å²) in [5.74, 6) is -92.2. The second-order valence-electron chi connectivity index (χ2n) is 8.09. The highest BCUT2D eigenvalue weighted by molar-refractivity contribution is 5.87. The first-order valence-electron chi connectivity index (χ1n) is 9.06. The van der Waals surface area contributed by atoms with Crippen LogP contribution in [0.1, 0.15) is 6.92 Å². The summed E-state index contributed by atoms with van der Waals surface area (Å²) in [4.78, 5) is 10.8. The number of esters is 1. The van der Waals surface area contributed by atoms with Crippen molar-refractivity contribution in [3.05, 3.63) is 12.2 Å². The molecule has 1 aliphatic rings. The largest absolute Gasteiger partial charge is 0.473 e. The summed E-state index contributed by atoms with van der Waals surface area (Å²) in [6, 6.07) is 0. The average molecular weight is 666 g/mol. The van der Waals surface area contributed by atoms with E-state index in [9.17, 15) is 106 Å². The molecule has 2 nitrogen and oxygen atoms in total. The Bertz CT molecular complexity index is 1060. The van der Waals surface area contributed by atoms with Gasteiger partial charge in [0.25, 0.3) is 0 Å². The molecule has 0 atom stereocenters. The van der Waals surface area contributed by atoms with E-state index in [-0.39, 0.29) is 6.92 Å². The predicted molar refractivity (Wildman–Crippen MR) is 79.2 cm³/mol. The van der Waals surface area contributed by atoms with Crippen molar-refractivity contribution in [2.24, 2.45) is 0 Å². The van der Waals surface area contributed by atoms with Crippen LogP contribution in [-0.2, 0) is 9.53 Å². The van der Waals surface area contributed by atoms with Crippen LogP contribution in [0.15, 0.2) is 12.2 Å². The Balaban J connectivity index is 3.98. The van der Waals surface area contributed by atoms with Gasteiger partial charge in [-0.25, -0.2) is 9.18 Å². The molecule has 0 saturated heterocycles. The monoisotopic (exact) mass is 666 g/mol. The van der Waals surface area contributed by atoms with Crippen LogP contribution in [0.2, 0.25) is 0 Å². The van der Waals surface area contributed by atoms with Gasteiger partial charge in [-0.1, -0.05) is 6.58 Å². The summed E-state index contributed by atoms with van der Waals surface area (Å²) in [5, 5.41) is 0. The van der Waals surface area contributed by atoms with E-state index in [0.29, 0.717) is 0 Å². The van der Waals surface area contributed by atoms with Crippen LogP contribution < -0.4 is 0 Å². The zero-order chi connectivity index (χ0) is 33.9. The SMILES string of the molecule is C=C(C)C(=O)OC(F)(F)C(F)(F)C(F)(F)C(F)(F)C(F)(F)C(F)(F)C(F)(F)C1(F)C(F)(F)C(F)(F)C(F)(F)C1(F)F. The van der Waals surface area contributed by atoms with E-state index in [4.69, 9.17) is 0 Å². The molecule has 242 valence electrons. The van der Waals surface area contributed by atoms with Gasteiger partial charge in [-0.2, -0.15) is 96.6 Å². The molecule has 0 aliphatic heterocycles. The van der Waals surface area contributed by atoms with Gasteiger partial charge in [-0.15, -0.1) is 0 Å². The van der Waals surface area contributed by atoms with Crippen LogP contribution in [0.25, 0.3) is 0 Å². The van der Waals surface area contributed by atoms with Gasteiger partial charge in [-0.3, -0.25) is 0 Å². The molecule has 1 saturated carbocycles.